The number of nitrogens with one attached hydrogen (secondary N) is 2. The highest BCUT2D eigenvalue weighted by molar-refractivity contribution is 6.04. The molecule has 2 atom stereocenters. The van der Waals surface area contributed by atoms with E-state index in [4.69, 9.17) is 10.7 Å². The van der Waals surface area contributed by atoms with E-state index in [2.05, 4.69) is 31.9 Å². The van der Waals surface area contributed by atoms with Crippen molar-refractivity contribution in [2.24, 2.45) is 0 Å². The van der Waals surface area contributed by atoms with Crippen molar-refractivity contribution in [1.29, 1.82) is 0 Å². The average Bonchev–Trinajstić information content (AvgIpc) is 3.66. The number of hydrogen-bond acceptors (Lipinski definition) is 6. The Kier molecular flexibility index (Phi) is 5.45. The number of carbonyl (C=O) groups is 1. The minimum absolute atomic E-state index is 0.184. The molecule has 178 valence electrons. The molecule has 0 spiro atoms. The number of nitrogens with two attached hydrogens (primary N) is 1. The van der Waals surface area contributed by atoms with Gasteiger partial charge >= 0.3 is 0 Å². The van der Waals surface area contributed by atoms with Gasteiger partial charge < -0.3 is 16.4 Å². The highest BCUT2D eigenvalue weighted by Gasteiger charge is 2.26. The van der Waals surface area contributed by atoms with Gasteiger partial charge in [0.25, 0.3) is 5.91 Å². The lowest BCUT2D eigenvalue weighted by atomic mass is 9.95. The van der Waals surface area contributed by atoms with Gasteiger partial charge in [0.2, 0.25) is 0 Å². The fourth-order valence-electron chi connectivity index (χ4n) is 4.95. The maximum Gasteiger partial charge on any atom is 0.256 e. The zero-order valence-corrected chi connectivity index (χ0v) is 19.7. The van der Waals surface area contributed by atoms with Crippen LogP contribution < -0.4 is 16.4 Å². The van der Waals surface area contributed by atoms with Gasteiger partial charge in [-0.2, -0.15) is 0 Å². The van der Waals surface area contributed by atoms with E-state index >= 15 is 0 Å². The molecule has 0 radical (unpaired) electrons. The molecule has 4 N–H and O–H groups in total. The van der Waals surface area contributed by atoms with Gasteiger partial charge in [-0.25, -0.2) is 15.0 Å². The van der Waals surface area contributed by atoms with Crippen LogP contribution in [-0.2, 0) is 0 Å². The number of nitrogens with zero attached hydrogens (tertiary/aromatic N) is 4. The number of fused-ring (bicyclic) bond motifs is 1. The van der Waals surface area contributed by atoms with Crippen molar-refractivity contribution in [3.05, 3.63) is 71.9 Å². The van der Waals surface area contributed by atoms with Crippen LogP contribution in [-0.4, -0.2) is 37.8 Å². The van der Waals surface area contributed by atoms with E-state index in [0.717, 1.165) is 42.0 Å². The number of piperidine rings is 1. The highest BCUT2D eigenvalue weighted by Crippen LogP contribution is 2.40. The van der Waals surface area contributed by atoms with E-state index < -0.39 is 0 Å². The molecule has 8 nitrogen and oxygen atoms in total. The number of hydrogen-bond donors (Lipinski definition) is 3. The lowest BCUT2D eigenvalue weighted by Gasteiger charge is -2.26. The Bertz CT molecular complexity index is 1380. The number of nitrogen functional groups attached to an aromatic ring is 1. The SMILES string of the molecule is C[C@H]1CCC(c2nc(-c3ccc(C(=O)Nc4cc(C5CC5)ccn4)cc3)c3c(N)nccn23)CN1. The molecule has 35 heavy (non-hydrogen) atoms. The predicted molar refractivity (Wildman–Crippen MR) is 136 cm³/mol. The van der Waals surface area contributed by atoms with Crippen molar-refractivity contribution in [3.63, 3.8) is 0 Å². The number of imidazole rings is 1. The van der Waals surface area contributed by atoms with E-state index in [1.807, 2.05) is 42.6 Å². The summed E-state index contributed by atoms with van der Waals surface area (Å²) in [6.07, 6.45) is 10.0. The van der Waals surface area contributed by atoms with Crippen LogP contribution in [0.3, 0.4) is 0 Å². The van der Waals surface area contributed by atoms with Crippen molar-refractivity contribution < 1.29 is 4.79 Å². The maximum atomic E-state index is 12.9. The van der Waals surface area contributed by atoms with E-state index in [1.54, 1.807) is 12.4 Å². The Labute approximate surface area is 204 Å². The largest absolute Gasteiger partial charge is 0.382 e. The second-order valence-electron chi connectivity index (χ2n) is 9.71. The number of rotatable bonds is 5. The van der Waals surface area contributed by atoms with Crippen LogP contribution in [0.5, 0.6) is 0 Å². The van der Waals surface area contributed by atoms with E-state index in [1.165, 1.54) is 18.4 Å². The number of amides is 1. The normalized spacial score (nSPS) is 20.1. The van der Waals surface area contributed by atoms with Gasteiger partial charge in [-0.1, -0.05) is 12.1 Å². The zero-order chi connectivity index (χ0) is 23.9. The minimum Gasteiger partial charge on any atom is -0.382 e. The molecule has 8 heteroatoms. The van der Waals surface area contributed by atoms with Crippen LogP contribution in [0.4, 0.5) is 11.6 Å². The fraction of sp³-hybridized carbons (Fsp3) is 0.333. The Balaban J connectivity index is 1.28. The number of benzene rings is 1. The van der Waals surface area contributed by atoms with Crippen molar-refractivity contribution in [2.75, 3.05) is 17.6 Å². The summed E-state index contributed by atoms with van der Waals surface area (Å²) in [7, 11) is 0. The third kappa shape index (κ3) is 4.25. The molecule has 0 bridgehead atoms. The monoisotopic (exact) mass is 467 g/mol. The number of aromatic nitrogens is 4. The summed E-state index contributed by atoms with van der Waals surface area (Å²) in [5.74, 6) is 2.75. The molecule has 2 fully saturated rings. The first-order valence-electron chi connectivity index (χ1n) is 12.3. The van der Waals surface area contributed by atoms with Crippen LogP contribution in [0.15, 0.2) is 55.0 Å². The maximum absolute atomic E-state index is 12.9. The van der Waals surface area contributed by atoms with Gasteiger partial charge in [-0.15, -0.1) is 0 Å². The summed E-state index contributed by atoms with van der Waals surface area (Å²) in [6, 6.07) is 12.0. The highest BCUT2D eigenvalue weighted by atomic mass is 16.1. The Morgan fingerprint density at radius 3 is 2.60 bits per heavy atom. The molecule has 1 unspecified atom stereocenters. The lowest BCUT2D eigenvalue weighted by molar-refractivity contribution is 0.102. The summed E-state index contributed by atoms with van der Waals surface area (Å²) < 4.78 is 2.07. The summed E-state index contributed by atoms with van der Waals surface area (Å²) in [5.41, 5.74) is 10.6. The van der Waals surface area contributed by atoms with Crippen LogP contribution in [0, 0.1) is 0 Å². The zero-order valence-electron chi connectivity index (χ0n) is 19.7. The smallest absolute Gasteiger partial charge is 0.256 e. The van der Waals surface area contributed by atoms with Crippen LogP contribution in [0.1, 0.15) is 66.2 Å². The van der Waals surface area contributed by atoms with Gasteiger partial charge in [0.05, 0.1) is 0 Å². The van der Waals surface area contributed by atoms with Crippen molar-refractivity contribution in [2.45, 2.75) is 50.5 Å². The first kappa shape index (κ1) is 21.7. The van der Waals surface area contributed by atoms with Crippen LogP contribution in [0.2, 0.25) is 0 Å². The van der Waals surface area contributed by atoms with E-state index in [9.17, 15) is 4.79 Å². The van der Waals surface area contributed by atoms with E-state index in [-0.39, 0.29) is 5.91 Å². The first-order valence-corrected chi connectivity index (χ1v) is 12.3. The van der Waals surface area contributed by atoms with Crippen molar-refractivity contribution in [3.8, 4) is 11.3 Å². The van der Waals surface area contributed by atoms with Gasteiger partial charge in [-0.3, -0.25) is 9.20 Å². The Hall–Kier alpha value is -3.78. The molecule has 1 aliphatic heterocycles. The molecule has 2 aliphatic rings. The average molecular weight is 468 g/mol. The van der Waals surface area contributed by atoms with Crippen molar-refractivity contribution in [1.82, 2.24) is 24.7 Å². The number of carbonyl (C=O) groups excluding carboxylic acids is 1. The van der Waals surface area contributed by atoms with E-state index in [0.29, 0.717) is 35.1 Å². The third-order valence-electron chi connectivity index (χ3n) is 7.13. The van der Waals surface area contributed by atoms with Crippen molar-refractivity contribution >= 4 is 23.1 Å². The quantitative estimate of drug-likeness (QED) is 0.402. The standard InChI is InChI=1S/C27H29N7O/c1-16-2-3-21(15-31-16)26-33-23(24-25(28)30-12-13-34(24)26)18-6-8-19(9-7-18)27(35)32-22-14-20(10-11-29-22)17-4-5-17/h6-14,16-17,21,31H,2-5,15H2,1H3,(H2,28,30)(H,29,32,35)/t16-,21?/m0/s1. The van der Waals surface area contributed by atoms with Crippen LogP contribution >= 0.6 is 0 Å². The Morgan fingerprint density at radius 1 is 1.06 bits per heavy atom. The molecular formula is C27H29N7O. The van der Waals surface area contributed by atoms with Gasteiger partial charge in [0.15, 0.2) is 0 Å². The number of pyridine rings is 1. The first-order chi connectivity index (χ1) is 17.1. The summed E-state index contributed by atoms with van der Waals surface area (Å²) in [4.78, 5) is 26.5. The molecule has 1 aromatic carbocycles. The molecule has 4 aromatic rings. The number of anilines is 2. The molecule has 3 aromatic heterocycles. The third-order valence-corrected chi connectivity index (χ3v) is 7.13. The molecule has 4 heterocycles. The van der Waals surface area contributed by atoms with Gasteiger partial charge in [-0.05, 0) is 68.4 Å². The van der Waals surface area contributed by atoms with Gasteiger partial charge in [0, 0.05) is 48.2 Å². The fourth-order valence-corrected chi connectivity index (χ4v) is 4.95. The summed E-state index contributed by atoms with van der Waals surface area (Å²) in [5, 5.41) is 6.49. The molecule has 1 saturated carbocycles. The Morgan fingerprint density at radius 2 is 1.86 bits per heavy atom. The molecular weight excluding hydrogens is 438 g/mol. The molecule has 1 saturated heterocycles. The van der Waals surface area contributed by atoms with Gasteiger partial charge in [0.1, 0.15) is 28.7 Å². The minimum atomic E-state index is -0.184. The predicted octanol–water partition coefficient (Wildman–Crippen LogP) is 4.36. The molecule has 1 amide bonds. The second-order valence-corrected chi connectivity index (χ2v) is 9.71. The molecule has 6 rings (SSSR count). The molecule has 1 aliphatic carbocycles. The lowest BCUT2D eigenvalue weighted by Crippen LogP contribution is -2.36. The van der Waals surface area contributed by atoms with Crippen LogP contribution in [0.25, 0.3) is 16.8 Å². The summed E-state index contributed by atoms with van der Waals surface area (Å²) >= 11 is 0. The summed E-state index contributed by atoms with van der Waals surface area (Å²) in [6.45, 7) is 3.10. The second kappa shape index (κ2) is 8.78. The topological polar surface area (TPSA) is 110 Å².